The molecule has 0 bridgehead atoms. The van der Waals surface area contributed by atoms with E-state index in [0.717, 1.165) is 16.5 Å². The van der Waals surface area contributed by atoms with Gasteiger partial charge < -0.3 is 9.73 Å². The van der Waals surface area contributed by atoms with Gasteiger partial charge in [0.25, 0.3) is 5.91 Å². The van der Waals surface area contributed by atoms with Crippen LogP contribution in [0.3, 0.4) is 0 Å². The molecule has 0 fully saturated rings. The molecule has 2 aromatic rings. The molecule has 0 aliphatic carbocycles. The summed E-state index contributed by atoms with van der Waals surface area (Å²) < 4.78 is 5.50. The molecule has 3 heteroatoms. The third kappa shape index (κ3) is 2.54. The molecule has 1 aromatic carbocycles. The van der Waals surface area contributed by atoms with Crippen LogP contribution in [0.2, 0.25) is 0 Å². The zero-order valence-electron chi connectivity index (χ0n) is 10.5. The van der Waals surface area contributed by atoms with Crippen molar-refractivity contribution in [2.45, 2.75) is 26.3 Å². The minimum atomic E-state index is -0.230. The van der Waals surface area contributed by atoms with Gasteiger partial charge in [0, 0.05) is 17.8 Å². The number of aryl methyl sites for hydroxylation is 1. The van der Waals surface area contributed by atoms with E-state index in [1.807, 2.05) is 32.0 Å². The van der Waals surface area contributed by atoms with Crippen molar-refractivity contribution in [3.8, 4) is 12.3 Å². The lowest BCUT2D eigenvalue weighted by atomic mass is 10.2. The molecule has 1 aromatic heterocycles. The molecule has 0 aliphatic rings. The van der Waals surface area contributed by atoms with Crippen LogP contribution in [0.5, 0.6) is 0 Å². The molecule has 0 saturated carbocycles. The molecule has 0 spiro atoms. The highest BCUT2D eigenvalue weighted by Gasteiger charge is 2.14. The summed E-state index contributed by atoms with van der Waals surface area (Å²) in [6.07, 6.45) is 5.70. The van der Waals surface area contributed by atoms with E-state index in [1.54, 1.807) is 6.07 Å². The van der Waals surface area contributed by atoms with E-state index < -0.39 is 0 Å². The third-order valence-corrected chi connectivity index (χ3v) is 2.70. The van der Waals surface area contributed by atoms with Gasteiger partial charge in [-0.3, -0.25) is 4.79 Å². The number of carbonyl (C=O) groups is 1. The van der Waals surface area contributed by atoms with Gasteiger partial charge in [-0.15, -0.1) is 12.3 Å². The van der Waals surface area contributed by atoms with Crippen LogP contribution in [0, 0.1) is 19.3 Å². The quantitative estimate of drug-likeness (QED) is 0.839. The van der Waals surface area contributed by atoms with E-state index in [4.69, 9.17) is 10.8 Å². The second-order valence-corrected chi connectivity index (χ2v) is 4.43. The predicted octanol–water partition coefficient (Wildman–Crippen LogP) is 2.88. The van der Waals surface area contributed by atoms with Crippen molar-refractivity contribution in [1.29, 1.82) is 0 Å². The molecule has 0 radical (unpaired) electrons. The summed E-state index contributed by atoms with van der Waals surface area (Å²) >= 11 is 0. The van der Waals surface area contributed by atoms with E-state index in [1.165, 1.54) is 0 Å². The lowest BCUT2D eigenvalue weighted by Gasteiger charge is -2.08. The molecule has 3 nitrogen and oxygen atoms in total. The first-order valence-electron chi connectivity index (χ1n) is 5.84. The molecule has 1 amide bonds. The smallest absolute Gasteiger partial charge is 0.287 e. The highest BCUT2D eigenvalue weighted by Crippen LogP contribution is 2.20. The first-order valence-corrected chi connectivity index (χ1v) is 5.84. The van der Waals surface area contributed by atoms with Gasteiger partial charge in [-0.05, 0) is 32.0 Å². The van der Waals surface area contributed by atoms with Crippen LogP contribution in [0.1, 0.15) is 29.5 Å². The van der Waals surface area contributed by atoms with E-state index >= 15 is 0 Å². The summed E-state index contributed by atoms with van der Waals surface area (Å²) in [6, 6.07) is 7.50. The largest absolute Gasteiger partial charge is 0.451 e. The van der Waals surface area contributed by atoms with Crippen molar-refractivity contribution >= 4 is 16.9 Å². The van der Waals surface area contributed by atoms with Gasteiger partial charge in [0.05, 0.1) is 0 Å². The Kier molecular flexibility index (Phi) is 3.38. The van der Waals surface area contributed by atoms with Crippen LogP contribution in [-0.2, 0) is 0 Å². The van der Waals surface area contributed by atoms with Crippen LogP contribution in [-0.4, -0.2) is 11.9 Å². The van der Waals surface area contributed by atoms with Crippen molar-refractivity contribution in [1.82, 2.24) is 5.32 Å². The molecule has 1 N–H and O–H groups in total. The molecule has 0 aliphatic heterocycles. The number of furan rings is 1. The summed E-state index contributed by atoms with van der Waals surface area (Å²) in [4.78, 5) is 11.9. The van der Waals surface area contributed by atoms with Crippen molar-refractivity contribution in [3.63, 3.8) is 0 Å². The Labute approximate surface area is 106 Å². The van der Waals surface area contributed by atoms with Gasteiger partial charge in [0.15, 0.2) is 5.76 Å². The van der Waals surface area contributed by atoms with Gasteiger partial charge in [0.1, 0.15) is 5.58 Å². The van der Waals surface area contributed by atoms with Crippen molar-refractivity contribution in [2.75, 3.05) is 0 Å². The molecule has 92 valence electrons. The van der Waals surface area contributed by atoms with E-state index in [0.29, 0.717) is 12.2 Å². The number of benzene rings is 1. The molecular weight excluding hydrogens is 226 g/mol. The Bertz CT molecular complexity index is 619. The molecule has 2 rings (SSSR count). The summed E-state index contributed by atoms with van der Waals surface area (Å²) in [5.41, 5.74) is 1.85. The van der Waals surface area contributed by atoms with E-state index in [-0.39, 0.29) is 11.9 Å². The van der Waals surface area contributed by atoms with Crippen LogP contribution in [0.25, 0.3) is 11.0 Å². The molecule has 1 heterocycles. The number of rotatable bonds is 3. The number of fused-ring (bicyclic) bond motifs is 1. The third-order valence-electron chi connectivity index (χ3n) is 2.70. The highest BCUT2D eigenvalue weighted by molar-refractivity contribution is 5.96. The van der Waals surface area contributed by atoms with Crippen molar-refractivity contribution in [3.05, 3.63) is 35.6 Å². The van der Waals surface area contributed by atoms with Crippen LogP contribution in [0.15, 0.2) is 28.7 Å². The standard InChI is InChI=1S/C15H15NO2/c1-4-5-11(3)16-15(17)14-9-12-8-10(2)6-7-13(12)18-14/h1,6-9,11H,5H2,2-3H3,(H,16,17). The Morgan fingerprint density at radius 1 is 1.50 bits per heavy atom. The van der Waals surface area contributed by atoms with Crippen LogP contribution < -0.4 is 5.32 Å². The van der Waals surface area contributed by atoms with E-state index in [2.05, 4.69) is 11.2 Å². The van der Waals surface area contributed by atoms with Gasteiger partial charge in [0.2, 0.25) is 0 Å². The van der Waals surface area contributed by atoms with Crippen molar-refractivity contribution in [2.24, 2.45) is 0 Å². The van der Waals surface area contributed by atoms with Crippen molar-refractivity contribution < 1.29 is 9.21 Å². The maximum atomic E-state index is 11.9. The van der Waals surface area contributed by atoms with Gasteiger partial charge in [-0.2, -0.15) is 0 Å². The maximum absolute atomic E-state index is 11.9. The Hall–Kier alpha value is -2.21. The van der Waals surface area contributed by atoms with Crippen LogP contribution >= 0.6 is 0 Å². The second kappa shape index (κ2) is 4.97. The van der Waals surface area contributed by atoms with E-state index in [9.17, 15) is 4.79 Å². The summed E-state index contributed by atoms with van der Waals surface area (Å²) in [5.74, 6) is 2.60. The zero-order valence-corrected chi connectivity index (χ0v) is 10.5. The number of nitrogens with one attached hydrogen (secondary N) is 1. The number of hydrogen-bond acceptors (Lipinski definition) is 2. The van der Waals surface area contributed by atoms with Gasteiger partial charge in [-0.1, -0.05) is 11.6 Å². The maximum Gasteiger partial charge on any atom is 0.287 e. The first-order chi connectivity index (χ1) is 8.60. The Morgan fingerprint density at radius 3 is 3.00 bits per heavy atom. The number of amides is 1. The minimum Gasteiger partial charge on any atom is -0.451 e. The fourth-order valence-electron chi connectivity index (χ4n) is 1.80. The molecular formula is C15H15NO2. The zero-order chi connectivity index (χ0) is 13.1. The summed E-state index contributed by atoms with van der Waals surface area (Å²) in [7, 11) is 0. The Morgan fingerprint density at radius 2 is 2.28 bits per heavy atom. The molecule has 18 heavy (non-hydrogen) atoms. The molecule has 0 saturated heterocycles. The molecule has 1 atom stereocenters. The summed E-state index contributed by atoms with van der Waals surface area (Å²) in [6.45, 7) is 3.87. The van der Waals surface area contributed by atoms with Gasteiger partial charge in [-0.25, -0.2) is 0 Å². The predicted molar refractivity (Wildman–Crippen MR) is 71.3 cm³/mol. The minimum absolute atomic E-state index is 0.0579. The number of hydrogen-bond donors (Lipinski definition) is 1. The highest BCUT2D eigenvalue weighted by atomic mass is 16.3. The summed E-state index contributed by atoms with van der Waals surface area (Å²) in [5, 5.41) is 3.73. The second-order valence-electron chi connectivity index (χ2n) is 4.43. The van der Waals surface area contributed by atoms with Gasteiger partial charge >= 0.3 is 0 Å². The number of terminal acetylenes is 1. The first kappa shape index (κ1) is 12.3. The average molecular weight is 241 g/mol. The monoisotopic (exact) mass is 241 g/mol. The number of carbonyl (C=O) groups excluding carboxylic acids is 1. The SMILES string of the molecule is C#CCC(C)NC(=O)c1cc2cc(C)ccc2o1. The Balaban J connectivity index is 2.21. The topological polar surface area (TPSA) is 42.2 Å². The fraction of sp³-hybridized carbons (Fsp3) is 0.267. The van der Waals surface area contributed by atoms with Crippen LogP contribution in [0.4, 0.5) is 0 Å². The average Bonchev–Trinajstić information content (AvgIpc) is 2.72. The lowest BCUT2D eigenvalue weighted by molar-refractivity contribution is 0.0915. The fourth-order valence-corrected chi connectivity index (χ4v) is 1.80. The normalized spacial score (nSPS) is 12.1. The lowest BCUT2D eigenvalue weighted by Crippen LogP contribution is -2.31. The molecule has 1 unspecified atom stereocenters.